The van der Waals surface area contributed by atoms with Gasteiger partial charge in [-0.25, -0.2) is 13.1 Å². The van der Waals surface area contributed by atoms with Crippen LogP contribution in [0, 0.1) is 6.92 Å². The summed E-state index contributed by atoms with van der Waals surface area (Å²) in [5, 5.41) is 17.8. The maximum absolute atomic E-state index is 12.0. The summed E-state index contributed by atoms with van der Waals surface area (Å²) in [6, 6.07) is 4.55. The molecular formula is C13H21NO5S. The summed E-state index contributed by atoms with van der Waals surface area (Å²) in [4.78, 5) is 0.0937. The number of nitrogens with one attached hydrogen (secondary N) is 1. The molecule has 0 bridgehead atoms. The molecule has 0 aliphatic heterocycles. The number of ether oxygens (including phenoxy) is 1. The van der Waals surface area contributed by atoms with Gasteiger partial charge in [0.05, 0.1) is 23.7 Å². The Balaban J connectivity index is 2.88. The van der Waals surface area contributed by atoms with Gasteiger partial charge in [-0.2, -0.15) is 0 Å². The molecule has 20 heavy (non-hydrogen) atoms. The third-order valence-corrected chi connectivity index (χ3v) is 3.96. The van der Waals surface area contributed by atoms with Crippen molar-refractivity contribution in [3.63, 3.8) is 0 Å². The van der Waals surface area contributed by atoms with Crippen LogP contribution in [0.5, 0.6) is 5.75 Å². The van der Waals surface area contributed by atoms with E-state index in [1.54, 1.807) is 13.0 Å². The summed E-state index contributed by atoms with van der Waals surface area (Å²) in [6.45, 7) is 4.81. The third kappa shape index (κ3) is 4.75. The molecule has 0 spiro atoms. The lowest BCUT2D eigenvalue weighted by molar-refractivity contribution is 0.0988. The lowest BCUT2D eigenvalue weighted by Crippen LogP contribution is -2.33. The molecule has 0 aliphatic carbocycles. The zero-order valence-corrected chi connectivity index (χ0v) is 12.6. The van der Waals surface area contributed by atoms with Gasteiger partial charge < -0.3 is 14.9 Å². The summed E-state index contributed by atoms with van der Waals surface area (Å²) in [5.74, 6) is 0.634. The fraction of sp³-hybridized carbons (Fsp3) is 0.538. The number of hydrogen-bond donors (Lipinski definition) is 3. The minimum atomic E-state index is -3.71. The predicted molar refractivity (Wildman–Crippen MR) is 75.2 cm³/mol. The first-order chi connectivity index (χ1) is 9.26. The summed E-state index contributed by atoms with van der Waals surface area (Å²) < 4.78 is 31.8. The van der Waals surface area contributed by atoms with E-state index < -0.39 is 22.7 Å². The van der Waals surface area contributed by atoms with Crippen LogP contribution in [0.2, 0.25) is 0 Å². The minimum absolute atomic E-state index is 0.00832. The minimum Gasteiger partial charge on any atom is -0.491 e. The number of aryl methyl sites for hydroxylation is 1. The Kier molecular flexibility index (Phi) is 5.94. The third-order valence-electron chi connectivity index (χ3n) is 2.54. The van der Waals surface area contributed by atoms with E-state index in [1.165, 1.54) is 12.1 Å². The molecular weight excluding hydrogens is 282 g/mol. The predicted octanol–water partition coefficient (Wildman–Crippen LogP) is 0.414. The molecule has 0 aliphatic rings. The Morgan fingerprint density at radius 3 is 2.50 bits per heavy atom. The Morgan fingerprint density at radius 2 is 2.00 bits per heavy atom. The Labute approximate surface area is 119 Å². The SMILES string of the molecule is Cc1cc(S(=O)(=O)NCC(O)CO)ccc1OC(C)C. The molecule has 114 valence electrons. The molecule has 0 saturated heterocycles. The summed E-state index contributed by atoms with van der Waals surface area (Å²) in [5.41, 5.74) is 0.712. The topological polar surface area (TPSA) is 95.9 Å². The Morgan fingerprint density at radius 1 is 1.35 bits per heavy atom. The maximum Gasteiger partial charge on any atom is 0.240 e. The van der Waals surface area contributed by atoms with Crippen molar-refractivity contribution in [2.45, 2.75) is 37.9 Å². The molecule has 1 aromatic carbocycles. The van der Waals surface area contributed by atoms with Gasteiger partial charge in [0.1, 0.15) is 5.75 Å². The van der Waals surface area contributed by atoms with E-state index in [9.17, 15) is 8.42 Å². The van der Waals surface area contributed by atoms with E-state index in [1.807, 2.05) is 13.8 Å². The highest BCUT2D eigenvalue weighted by molar-refractivity contribution is 7.89. The number of rotatable bonds is 7. The highest BCUT2D eigenvalue weighted by Crippen LogP contribution is 2.22. The van der Waals surface area contributed by atoms with Gasteiger partial charge in [0.2, 0.25) is 10.0 Å². The largest absolute Gasteiger partial charge is 0.491 e. The van der Waals surface area contributed by atoms with Crippen molar-refractivity contribution < 1.29 is 23.4 Å². The summed E-state index contributed by atoms with van der Waals surface area (Å²) in [6.07, 6.45) is -1.11. The lowest BCUT2D eigenvalue weighted by atomic mass is 10.2. The average molecular weight is 303 g/mol. The second-order valence-electron chi connectivity index (χ2n) is 4.78. The fourth-order valence-corrected chi connectivity index (χ4v) is 2.69. The van der Waals surface area contributed by atoms with Crippen molar-refractivity contribution in [2.24, 2.45) is 0 Å². The zero-order chi connectivity index (χ0) is 15.3. The van der Waals surface area contributed by atoms with Crippen LogP contribution in [0.15, 0.2) is 23.1 Å². The normalized spacial score (nSPS) is 13.5. The van der Waals surface area contributed by atoms with E-state index in [-0.39, 0.29) is 17.5 Å². The van der Waals surface area contributed by atoms with Gasteiger partial charge in [0.15, 0.2) is 0 Å². The molecule has 1 atom stereocenters. The van der Waals surface area contributed by atoms with Gasteiger partial charge in [0.25, 0.3) is 0 Å². The number of aliphatic hydroxyl groups is 2. The summed E-state index contributed by atoms with van der Waals surface area (Å²) in [7, 11) is -3.71. The van der Waals surface area contributed by atoms with E-state index in [0.29, 0.717) is 11.3 Å². The van der Waals surface area contributed by atoms with Gasteiger partial charge >= 0.3 is 0 Å². The van der Waals surface area contributed by atoms with E-state index in [0.717, 1.165) is 0 Å². The Bertz CT molecular complexity index is 542. The molecule has 6 nitrogen and oxygen atoms in total. The lowest BCUT2D eigenvalue weighted by Gasteiger charge is -2.14. The number of hydrogen-bond acceptors (Lipinski definition) is 5. The second-order valence-corrected chi connectivity index (χ2v) is 6.55. The molecule has 1 aromatic rings. The van der Waals surface area contributed by atoms with Crippen LogP contribution in [-0.4, -0.2) is 44.0 Å². The van der Waals surface area contributed by atoms with Crippen molar-refractivity contribution in [1.82, 2.24) is 4.72 Å². The van der Waals surface area contributed by atoms with Crippen LogP contribution >= 0.6 is 0 Å². The molecule has 1 unspecified atom stereocenters. The first-order valence-corrected chi connectivity index (χ1v) is 7.80. The van der Waals surface area contributed by atoms with Gasteiger partial charge in [-0.1, -0.05) is 0 Å². The highest BCUT2D eigenvalue weighted by Gasteiger charge is 2.17. The van der Waals surface area contributed by atoms with Crippen LogP contribution in [0.25, 0.3) is 0 Å². The van der Waals surface area contributed by atoms with Gasteiger partial charge in [0, 0.05) is 6.54 Å². The van der Waals surface area contributed by atoms with Crippen LogP contribution in [0.1, 0.15) is 19.4 Å². The van der Waals surface area contributed by atoms with Crippen molar-refractivity contribution in [3.05, 3.63) is 23.8 Å². The zero-order valence-electron chi connectivity index (χ0n) is 11.8. The molecule has 0 heterocycles. The standard InChI is InChI=1S/C13H21NO5S/c1-9(2)19-13-5-4-12(6-10(13)3)20(17,18)14-7-11(16)8-15/h4-6,9,11,14-16H,7-8H2,1-3H3. The van der Waals surface area contributed by atoms with E-state index in [4.69, 9.17) is 14.9 Å². The van der Waals surface area contributed by atoms with Crippen LogP contribution < -0.4 is 9.46 Å². The molecule has 0 radical (unpaired) electrons. The summed E-state index contributed by atoms with van der Waals surface area (Å²) >= 11 is 0. The van der Waals surface area contributed by atoms with Crippen molar-refractivity contribution >= 4 is 10.0 Å². The molecule has 7 heteroatoms. The van der Waals surface area contributed by atoms with Gasteiger partial charge in [-0.3, -0.25) is 0 Å². The van der Waals surface area contributed by atoms with Gasteiger partial charge in [-0.15, -0.1) is 0 Å². The molecule has 3 N–H and O–H groups in total. The fourth-order valence-electron chi connectivity index (χ4n) is 1.53. The van der Waals surface area contributed by atoms with Gasteiger partial charge in [-0.05, 0) is 44.5 Å². The van der Waals surface area contributed by atoms with Crippen molar-refractivity contribution in [1.29, 1.82) is 0 Å². The monoisotopic (exact) mass is 303 g/mol. The number of sulfonamides is 1. The average Bonchev–Trinajstić information content (AvgIpc) is 2.37. The van der Waals surface area contributed by atoms with Crippen LogP contribution in [0.3, 0.4) is 0 Å². The molecule has 0 fully saturated rings. The van der Waals surface area contributed by atoms with E-state index in [2.05, 4.69) is 4.72 Å². The number of aliphatic hydroxyl groups excluding tert-OH is 2. The first-order valence-electron chi connectivity index (χ1n) is 6.32. The molecule has 0 amide bonds. The Hall–Kier alpha value is -1.15. The molecule has 0 aromatic heterocycles. The molecule has 1 rings (SSSR count). The van der Waals surface area contributed by atoms with Crippen LogP contribution in [0.4, 0.5) is 0 Å². The molecule has 0 saturated carbocycles. The maximum atomic E-state index is 12.0. The highest BCUT2D eigenvalue weighted by atomic mass is 32.2. The second kappa shape index (κ2) is 7.03. The smallest absolute Gasteiger partial charge is 0.240 e. The quantitative estimate of drug-likeness (QED) is 0.678. The number of benzene rings is 1. The first kappa shape index (κ1) is 16.9. The van der Waals surface area contributed by atoms with E-state index >= 15 is 0 Å². The van der Waals surface area contributed by atoms with Crippen molar-refractivity contribution in [3.8, 4) is 5.75 Å². The van der Waals surface area contributed by atoms with Crippen LogP contribution in [-0.2, 0) is 10.0 Å². The van der Waals surface area contributed by atoms with Crippen molar-refractivity contribution in [2.75, 3.05) is 13.2 Å².